The van der Waals surface area contributed by atoms with Crippen LogP contribution in [0.1, 0.15) is 31.7 Å². The van der Waals surface area contributed by atoms with E-state index >= 15 is 0 Å². The number of hydrogen-bond donors (Lipinski definition) is 1. The van der Waals surface area contributed by atoms with E-state index < -0.39 is 0 Å². The van der Waals surface area contributed by atoms with Gasteiger partial charge in [-0.3, -0.25) is 0 Å². The zero-order valence-electron chi connectivity index (χ0n) is 12.6. The third-order valence-electron chi connectivity index (χ3n) is 2.99. The maximum absolute atomic E-state index is 4.72. The van der Waals surface area contributed by atoms with Crippen molar-refractivity contribution in [3.63, 3.8) is 0 Å². The minimum atomic E-state index is 0.867. The van der Waals surface area contributed by atoms with Crippen LogP contribution in [0.3, 0.4) is 0 Å². The third kappa shape index (κ3) is 4.45. The summed E-state index contributed by atoms with van der Waals surface area (Å²) in [7, 11) is 0. The molecule has 2 rings (SSSR count). The highest BCUT2D eigenvalue weighted by Crippen LogP contribution is 2.32. The molecule has 0 spiro atoms. The Bertz CT molecular complexity index is 599. The second kappa shape index (κ2) is 7.80. The van der Waals surface area contributed by atoms with Gasteiger partial charge in [0.25, 0.3) is 0 Å². The van der Waals surface area contributed by atoms with Crippen LogP contribution in [-0.4, -0.2) is 16.5 Å². The van der Waals surface area contributed by atoms with Crippen LogP contribution < -0.4 is 5.32 Å². The lowest BCUT2D eigenvalue weighted by atomic mass is 10.3. The first-order valence-electron chi connectivity index (χ1n) is 7.18. The molecule has 0 fully saturated rings. The smallest absolute Gasteiger partial charge is 0.133 e. The first-order chi connectivity index (χ1) is 10.1. The molecule has 1 aromatic carbocycles. The topological polar surface area (TPSA) is 37.8 Å². The Morgan fingerprint density at radius 2 is 1.86 bits per heavy atom. The lowest BCUT2D eigenvalue weighted by Gasteiger charge is -2.12. The third-order valence-corrected chi connectivity index (χ3v) is 4.62. The molecule has 1 heterocycles. The maximum Gasteiger partial charge on any atom is 0.133 e. The summed E-state index contributed by atoms with van der Waals surface area (Å²) in [4.78, 5) is 10.5. The number of aromatic nitrogens is 2. The Labute approximate surface area is 139 Å². The summed E-state index contributed by atoms with van der Waals surface area (Å²) in [6.07, 6.45) is 1.96. The zero-order valence-corrected chi connectivity index (χ0v) is 15.0. The van der Waals surface area contributed by atoms with Crippen LogP contribution in [0.5, 0.6) is 0 Å². The molecule has 0 atom stereocenters. The number of benzene rings is 1. The number of halogens is 1. The van der Waals surface area contributed by atoms with Gasteiger partial charge in [-0.15, -0.1) is 0 Å². The average molecular weight is 366 g/mol. The van der Waals surface area contributed by atoms with Crippen LogP contribution in [0.2, 0.25) is 0 Å². The summed E-state index contributed by atoms with van der Waals surface area (Å²) in [6.45, 7) is 7.18. The monoisotopic (exact) mass is 365 g/mol. The van der Waals surface area contributed by atoms with Crippen molar-refractivity contribution in [2.75, 3.05) is 11.9 Å². The molecule has 0 amide bonds. The number of nitrogens with zero attached hydrogens (tertiary/aromatic N) is 2. The quantitative estimate of drug-likeness (QED) is 0.724. The van der Waals surface area contributed by atoms with E-state index in [-0.39, 0.29) is 0 Å². The first kappa shape index (κ1) is 16.3. The van der Waals surface area contributed by atoms with Crippen LogP contribution in [0.15, 0.2) is 38.7 Å². The van der Waals surface area contributed by atoms with Crippen LogP contribution >= 0.6 is 27.7 Å². The highest BCUT2D eigenvalue weighted by atomic mass is 79.9. The predicted octanol–water partition coefficient (Wildman–Crippen LogP) is 5.08. The van der Waals surface area contributed by atoms with Crippen molar-refractivity contribution in [1.82, 2.24) is 9.97 Å². The molecule has 0 radical (unpaired) electrons. The first-order valence-corrected chi connectivity index (χ1v) is 8.79. The fraction of sp³-hybridized carbons (Fsp3) is 0.375. The number of aryl methyl sites for hydroxylation is 1. The highest BCUT2D eigenvalue weighted by molar-refractivity contribution is 9.10. The van der Waals surface area contributed by atoms with Gasteiger partial charge in [-0.1, -0.05) is 34.6 Å². The van der Waals surface area contributed by atoms with Gasteiger partial charge in [0.2, 0.25) is 0 Å². The standard InChI is InChI=1S/C16H20BrN3S/c1-4-6-14-19-15(18-5-2)11(3)16(20-14)21-13-9-7-12(17)8-10-13/h7-10H,4-6H2,1-3H3,(H,18,19,20). The Morgan fingerprint density at radius 3 is 2.48 bits per heavy atom. The van der Waals surface area contributed by atoms with Crippen molar-refractivity contribution in [2.24, 2.45) is 0 Å². The van der Waals surface area contributed by atoms with Crippen molar-refractivity contribution >= 4 is 33.5 Å². The van der Waals surface area contributed by atoms with E-state index in [2.05, 4.69) is 71.3 Å². The van der Waals surface area contributed by atoms with Gasteiger partial charge < -0.3 is 5.32 Å². The average Bonchev–Trinajstić information content (AvgIpc) is 2.47. The minimum absolute atomic E-state index is 0.867. The zero-order chi connectivity index (χ0) is 15.2. The van der Waals surface area contributed by atoms with Crippen LogP contribution in [0, 0.1) is 6.92 Å². The SMILES string of the molecule is CCCc1nc(NCC)c(C)c(Sc2ccc(Br)cc2)n1. The van der Waals surface area contributed by atoms with Gasteiger partial charge in [0.05, 0.1) is 0 Å². The van der Waals surface area contributed by atoms with E-state index in [4.69, 9.17) is 4.98 Å². The molecule has 1 N–H and O–H groups in total. The molecule has 0 saturated carbocycles. The van der Waals surface area contributed by atoms with Gasteiger partial charge in [0.15, 0.2) is 0 Å². The van der Waals surface area contributed by atoms with Gasteiger partial charge in [0, 0.05) is 27.9 Å². The number of nitrogens with one attached hydrogen (secondary N) is 1. The normalized spacial score (nSPS) is 10.7. The Balaban J connectivity index is 2.33. The van der Waals surface area contributed by atoms with E-state index in [1.807, 2.05) is 0 Å². The molecule has 0 unspecified atom stereocenters. The van der Waals surface area contributed by atoms with E-state index in [9.17, 15) is 0 Å². The van der Waals surface area contributed by atoms with Gasteiger partial charge in [0.1, 0.15) is 16.7 Å². The van der Waals surface area contributed by atoms with Crippen molar-refractivity contribution in [1.29, 1.82) is 0 Å². The summed E-state index contributed by atoms with van der Waals surface area (Å²) in [5.41, 5.74) is 1.12. The van der Waals surface area contributed by atoms with Crippen molar-refractivity contribution in [3.8, 4) is 0 Å². The molecule has 0 bridgehead atoms. The second-order valence-electron chi connectivity index (χ2n) is 4.75. The molecule has 3 nitrogen and oxygen atoms in total. The molecule has 21 heavy (non-hydrogen) atoms. The van der Waals surface area contributed by atoms with Gasteiger partial charge >= 0.3 is 0 Å². The molecule has 0 aliphatic heterocycles. The van der Waals surface area contributed by atoms with Crippen LogP contribution in [0.4, 0.5) is 5.82 Å². The van der Waals surface area contributed by atoms with E-state index in [0.717, 1.165) is 46.1 Å². The molecular formula is C16H20BrN3S. The van der Waals surface area contributed by atoms with Gasteiger partial charge in [-0.25, -0.2) is 9.97 Å². The molecule has 0 saturated heterocycles. The molecule has 0 aliphatic rings. The predicted molar refractivity (Wildman–Crippen MR) is 93.2 cm³/mol. The molecular weight excluding hydrogens is 346 g/mol. The molecule has 5 heteroatoms. The van der Waals surface area contributed by atoms with Crippen molar-refractivity contribution < 1.29 is 0 Å². The summed E-state index contributed by atoms with van der Waals surface area (Å²) in [5, 5.41) is 4.37. The second-order valence-corrected chi connectivity index (χ2v) is 6.73. The van der Waals surface area contributed by atoms with Gasteiger partial charge in [-0.05, 0) is 44.5 Å². The molecule has 2 aromatic rings. The molecule has 112 valence electrons. The van der Waals surface area contributed by atoms with Crippen LogP contribution in [0.25, 0.3) is 0 Å². The molecule has 1 aromatic heterocycles. The van der Waals surface area contributed by atoms with E-state index in [1.54, 1.807) is 11.8 Å². The Morgan fingerprint density at radius 1 is 1.14 bits per heavy atom. The van der Waals surface area contributed by atoms with Crippen molar-refractivity contribution in [3.05, 3.63) is 40.1 Å². The van der Waals surface area contributed by atoms with E-state index in [0.29, 0.717) is 0 Å². The highest BCUT2D eigenvalue weighted by Gasteiger charge is 2.11. The largest absolute Gasteiger partial charge is 0.370 e. The van der Waals surface area contributed by atoms with Gasteiger partial charge in [-0.2, -0.15) is 0 Å². The lowest BCUT2D eigenvalue weighted by Crippen LogP contribution is -2.07. The summed E-state index contributed by atoms with van der Waals surface area (Å²) < 4.78 is 1.09. The van der Waals surface area contributed by atoms with Crippen LogP contribution in [-0.2, 0) is 6.42 Å². The Hall–Kier alpha value is -1.07. The summed E-state index contributed by atoms with van der Waals surface area (Å²) in [5.74, 6) is 1.87. The number of anilines is 1. The Kier molecular flexibility index (Phi) is 6.06. The summed E-state index contributed by atoms with van der Waals surface area (Å²) in [6, 6.07) is 8.31. The summed E-state index contributed by atoms with van der Waals surface area (Å²) >= 11 is 5.16. The number of rotatable bonds is 6. The van der Waals surface area contributed by atoms with Crippen molar-refractivity contribution in [2.45, 2.75) is 43.5 Å². The number of hydrogen-bond acceptors (Lipinski definition) is 4. The fourth-order valence-electron chi connectivity index (χ4n) is 1.93. The van der Waals surface area contributed by atoms with E-state index in [1.165, 1.54) is 4.90 Å². The minimum Gasteiger partial charge on any atom is -0.370 e. The maximum atomic E-state index is 4.72. The molecule has 0 aliphatic carbocycles. The lowest BCUT2D eigenvalue weighted by molar-refractivity contribution is 0.802. The fourth-order valence-corrected chi connectivity index (χ4v) is 3.09.